The molecule has 3 aromatic rings. The Labute approximate surface area is 156 Å². The molecule has 1 amide bonds. The Balaban J connectivity index is 1.61. The quantitative estimate of drug-likeness (QED) is 0.674. The smallest absolute Gasteiger partial charge is 0.339 e. The Bertz CT molecular complexity index is 949. The van der Waals surface area contributed by atoms with Crippen molar-refractivity contribution >= 4 is 34.2 Å². The van der Waals surface area contributed by atoms with Gasteiger partial charge in [-0.15, -0.1) is 0 Å². The third kappa shape index (κ3) is 4.21. The van der Waals surface area contributed by atoms with Crippen molar-refractivity contribution in [2.24, 2.45) is 0 Å². The van der Waals surface area contributed by atoms with E-state index in [9.17, 15) is 9.59 Å². The molecule has 3 aromatic carbocycles. The lowest BCUT2D eigenvalue weighted by Crippen LogP contribution is -2.31. The minimum atomic E-state index is -0.521. The maximum atomic E-state index is 12.3. The summed E-state index contributed by atoms with van der Waals surface area (Å²) >= 11 is 5.96. The van der Waals surface area contributed by atoms with Crippen molar-refractivity contribution in [3.63, 3.8) is 0 Å². The number of esters is 1. The van der Waals surface area contributed by atoms with Gasteiger partial charge in [-0.25, -0.2) is 4.79 Å². The van der Waals surface area contributed by atoms with Gasteiger partial charge in [0.2, 0.25) is 0 Å². The molecule has 4 nitrogen and oxygen atoms in total. The highest BCUT2D eigenvalue weighted by molar-refractivity contribution is 6.30. The highest BCUT2D eigenvalue weighted by atomic mass is 35.5. The molecule has 0 fully saturated rings. The molecule has 0 aliphatic carbocycles. The number of fused-ring (bicyclic) bond motifs is 1. The number of nitrogens with one attached hydrogen (secondary N) is 1. The van der Waals surface area contributed by atoms with Gasteiger partial charge in [0.25, 0.3) is 5.91 Å². The van der Waals surface area contributed by atoms with Crippen LogP contribution in [0.5, 0.6) is 0 Å². The van der Waals surface area contributed by atoms with Gasteiger partial charge in [-0.1, -0.05) is 60.1 Å². The average Bonchev–Trinajstić information content (AvgIpc) is 2.65. The van der Waals surface area contributed by atoms with Gasteiger partial charge < -0.3 is 10.1 Å². The van der Waals surface area contributed by atoms with E-state index in [0.717, 1.165) is 16.3 Å². The van der Waals surface area contributed by atoms with E-state index in [1.165, 1.54) is 0 Å². The van der Waals surface area contributed by atoms with E-state index in [1.807, 2.05) is 49.4 Å². The Morgan fingerprint density at radius 2 is 1.77 bits per heavy atom. The van der Waals surface area contributed by atoms with E-state index in [4.69, 9.17) is 16.3 Å². The lowest BCUT2D eigenvalue weighted by molar-refractivity contribution is -0.124. The first-order valence-electron chi connectivity index (χ1n) is 8.24. The Kier molecular flexibility index (Phi) is 5.54. The van der Waals surface area contributed by atoms with Crippen molar-refractivity contribution in [2.45, 2.75) is 13.0 Å². The second-order valence-corrected chi connectivity index (χ2v) is 6.38. The summed E-state index contributed by atoms with van der Waals surface area (Å²) in [5, 5.41) is 5.14. The molecule has 0 spiro atoms. The predicted octanol–water partition coefficient (Wildman–Crippen LogP) is 4.53. The van der Waals surface area contributed by atoms with Crippen molar-refractivity contribution < 1.29 is 14.3 Å². The number of rotatable bonds is 5. The third-order valence-electron chi connectivity index (χ3n) is 4.07. The highest BCUT2D eigenvalue weighted by Crippen LogP contribution is 2.19. The van der Waals surface area contributed by atoms with Crippen LogP contribution in [-0.2, 0) is 9.53 Å². The molecule has 26 heavy (non-hydrogen) atoms. The summed E-state index contributed by atoms with van der Waals surface area (Å²) in [4.78, 5) is 24.4. The molecule has 0 aliphatic heterocycles. The van der Waals surface area contributed by atoms with Crippen LogP contribution in [0.25, 0.3) is 10.8 Å². The summed E-state index contributed by atoms with van der Waals surface area (Å²) in [5.74, 6) is -0.890. The maximum absolute atomic E-state index is 12.3. The summed E-state index contributed by atoms with van der Waals surface area (Å²) in [7, 11) is 0. The van der Waals surface area contributed by atoms with Gasteiger partial charge >= 0.3 is 5.97 Å². The van der Waals surface area contributed by atoms with Crippen LogP contribution in [0, 0.1) is 0 Å². The first-order valence-corrected chi connectivity index (χ1v) is 8.62. The molecular formula is C21H18ClNO3. The molecule has 132 valence electrons. The molecule has 0 unspecified atom stereocenters. The zero-order valence-corrected chi connectivity index (χ0v) is 15.0. The standard InChI is InChI=1S/C21H18ClNO3/c1-14(16-8-4-9-17(22)12-16)23-20(24)13-26-21(25)19-11-5-7-15-6-2-3-10-18(15)19/h2-12,14H,13H2,1H3,(H,23,24)/t14-/m1/s1. The van der Waals surface area contributed by atoms with Crippen LogP contribution >= 0.6 is 11.6 Å². The van der Waals surface area contributed by atoms with Gasteiger partial charge in [-0.3, -0.25) is 4.79 Å². The summed E-state index contributed by atoms with van der Waals surface area (Å²) in [6.07, 6.45) is 0. The van der Waals surface area contributed by atoms with Crippen molar-refractivity contribution in [1.29, 1.82) is 0 Å². The number of carbonyl (C=O) groups excluding carboxylic acids is 2. The lowest BCUT2D eigenvalue weighted by atomic mass is 10.1. The second-order valence-electron chi connectivity index (χ2n) is 5.95. The van der Waals surface area contributed by atoms with Gasteiger partial charge in [0, 0.05) is 5.02 Å². The third-order valence-corrected chi connectivity index (χ3v) is 4.31. The van der Waals surface area contributed by atoms with Crippen LogP contribution < -0.4 is 5.32 Å². The fraction of sp³-hybridized carbons (Fsp3) is 0.143. The van der Waals surface area contributed by atoms with E-state index >= 15 is 0 Å². The minimum absolute atomic E-state index is 0.238. The lowest BCUT2D eigenvalue weighted by Gasteiger charge is -2.15. The Hall–Kier alpha value is -2.85. The molecule has 0 saturated heterocycles. The van der Waals surface area contributed by atoms with Crippen LogP contribution in [0.4, 0.5) is 0 Å². The molecular weight excluding hydrogens is 350 g/mol. The van der Waals surface area contributed by atoms with E-state index in [2.05, 4.69) is 5.32 Å². The molecule has 1 N–H and O–H groups in total. The van der Waals surface area contributed by atoms with E-state index < -0.39 is 5.97 Å². The number of carbonyl (C=O) groups is 2. The molecule has 0 heterocycles. The molecule has 0 aromatic heterocycles. The fourth-order valence-corrected chi connectivity index (χ4v) is 2.95. The second kappa shape index (κ2) is 8.02. The highest BCUT2D eigenvalue weighted by Gasteiger charge is 2.15. The SMILES string of the molecule is C[C@@H](NC(=O)COC(=O)c1cccc2ccccc12)c1cccc(Cl)c1. The number of ether oxygens (including phenoxy) is 1. The van der Waals surface area contributed by atoms with Crippen LogP contribution in [0.1, 0.15) is 28.9 Å². The summed E-state index contributed by atoms with van der Waals surface area (Å²) in [6, 6.07) is 20.0. The van der Waals surface area contributed by atoms with Gasteiger partial charge in [-0.2, -0.15) is 0 Å². The zero-order valence-electron chi connectivity index (χ0n) is 14.2. The summed E-state index contributed by atoms with van der Waals surface area (Å²) in [6.45, 7) is 1.50. The molecule has 0 bridgehead atoms. The van der Waals surface area contributed by atoms with Crippen molar-refractivity contribution in [1.82, 2.24) is 5.32 Å². The first kappa shape index (κ1) is 18.0. The molecule has 0 aliphatic rings. The molecule has 1 atom stereocenters. The largest absolute Gasteiger partial charge is 0.452 e. The first-order chi connectivity index (χ1) is 12.5. The predicted molar refractivity (Wildman–Crippen MR) is 102 cm³/mol. The van der Waals surface area contributed by atoms with Gasteiger partial charge in [0.05, 0.1) is 11.6 Å². The van der Waals surface area contributed by atoms with Gasteiger partial charge in [0.1, 0.15) is 0 Å². The average molecular weight is 368 g/mol. The van der Waals surface area contributed by atoms with Crippen LogP contribution in [-0.4, -0.2) is 18.5 Å². The monoisotopic (exact) mass is 367 g/mol. The Morgan fingerprint density at radius 3 is 2.58 bits per heavy atom. The molecule has 3 rings (SSSR count). The van der Waals surface area contributed by atoms with Gasteiger partial charge in [0.15, 0.2) is 6.61 Å². The molecule has 0 saturated carbocycles. The number of hydrogen-bond acceptors (Lipinski definition) is 3. The van der Waals surface area contributed by atoms with E-state index in [1.54, 1.807) is 24.3 Å². The molecule has 0 radical (unpaired) electrons. The zero-order chi connectivity index (χ0) is 18.5. The normalized spacial score (nSPS) is 11.8. The maximum Gasteiger partial charge on any atom is 0.339 e. The Morgan fingerprint density at radius 1 is 1.04 bits per heavy atom. The van der Waals surface area contributed by atoms with Crippen LogP contribution in [0.2, 0.25) is 5.02 Å². The number of benzene rings is 3. The summed E-state index contributed by atoms with van der Waals surface area (Å²) < 4.78 is 5.18. The van der Waals surface area contributed by atoms with Crippen molar-refractivity contribution in [2.75, 3.05) is 6.61 Å². The van der Waals surface area contributed by atoms with Crippen molar-refractivity contribution in [3.05, 3.63) is 82.9 Å². The number of halogens is 1. The number of amides is 1. The minimum Gasteiger partial charge on any atom is -0.452 e. The summed E-state index contributed by atoms with van der Waals surface area (Å²) in [5.41, 5.74) is 1.32. The van der Waals surface area contributed by atoms with Crippen LogP contribution in [0.3, 0.4) is 0 Å². The van der Waals surface area contributed by atoms with Gasteiger partial charge in [-0.05, 0) is 41.5 Å². The van der Waals surface area contributed by atoms with E-state index in [-0.39, 0.29) is 18.6 Å². The molecule has 5 heteroatoms. The van der Waals surface area contributed by atoms with Crippen molar-refractivity contribution in [3.8, 4) is 0 Å². The fourth-order valence-electron chi connectivity index (χ4n) is 2.75. The van der Waals surface area contributed by atoms with Crippen LogP contribution in [0.15, 0.2) is 66.7 Å². The topological polar surface area (TPSA) is 55.4 Å². The van der Waals surface area contributed by atoms with E-state index in [0.29, 0.717) is 10.6 Å². The number of hydrogen-bond donors (Lipinski definition) is 1.